The number of amides is 2. The molecule has 2 N–H and O–H groups in total. The van der Waals surface area contributed by atoms with Crippen LogP contribution in [0.5, 0.6) is 0 Å². The number of carbonyl (C=O) groups excluding carboxylic acids is 1. The lowest BCUT2D eigenvalue weighted by Gasteiger charge is -2.24. The number of rotatable bonds is 2. The maximum atomic E-state index is 11.8. The Hall–Kier alpha value is -1.97. The Morgan fingerprint density at radius 1 is 0.857 bits per heavy atom. The van der Waals surface area contributed by atoms with Gasteiger partial charge in [-0.05, 0) is 41.5 Å². The largest absolute Gasteiger partial charge is 0.327 e. The molecule has 0 fully saturated rings. The van der Waals surface area contributed by atoms with Crippen molar-refractivity contribution in [3.63, 3.8) is 0 Å². The Bertz CT molecular complexity index is 693. The molecule has 2 aromatic carbocycles. The molecule has 0 saturated carbocycles. The van der Waals surface area contributed by atoms with Crippen LogP contribution in [-0.2, 0) is 0 Å². The minimum Gasteiger partial charge on any atom is -0.327 e. The minimum absolute atomic E-state index is 0.193. The lowest BCUT2D eigenvalue weighted by Crippen LogP contribution is -2.40. The zero-order valence-electron chi connectivity index (χ0n) is 10.9. The highest BCUT2D eigenvalue weighted by atomic mass is 35.5. The molecule has 5 heteroatoms. The summed E-state index contributed by atoms with van der Waals surface area (Å²) in [5.74, 6) is 0. The molecule has 1 heterocycles. The number of hydrogen-bond donors (Lipinski definition) is 2. The van der Waals surface area contributed by atoms with Crippen molar-refractivity contribution in [2.24, 2.45) is 0 Å². The number of hydrogen-bond acceptors (Lipinski definition) is 1. The van der Waals surface area contributed by atoms with Crippen LogP contribution < -0.4 is 10.6 Å². The molecule has 0 aromatic heterocycles. The Morgan fingerprint density at radius 3 is 2.05 bits per heavy atom. The van der Waals surface area contributed by atoms with E-state index in [1.165, 1.54) is 0 Å². The van der Waals surface area contributed by atoms with Gasteiger partial charge in [0.25, 0.3) is 0 Å². The van der Waals surface area contributed by atoms with Crippen LogP contribution in [0, 0.1) is 0 Å². The molecule has 2 aromatic rings. The molecular formula is C16H12Cl2N2O. The van der Waals surface area contributed by atoms with Crippen LogP contribution in [0.1, 0.15) is 17.2 Å². The highest BCUT2D eigenvalue weighted by Crippen LogP contribution is 2.25. The molecular weight excluding hydrogens is 307 g/mol. The van der Waals surface area contributed by atoms with E-state index < -0.39 is 0 Å². The first-order chi connectivity index (χ1) is 10.1. The van der Waals surface area contributed by atoms with E-state index in [0.717, 1.165) is 16.8 Å². The number of nitrogens with one attached hydrogen (secondary N) is 2. The first-order valence-electron chi connectivity index (χ1n) is 6.42. The third kappa shape index (κ3) is 3.20. The lowest BCUT2D eigenvalue weighted by atomic mass is 10.0. The molecule has 3 rings (SSSR count). The van der Waals surface area contributed by atoms with E-state index in [2.05, 4.69) is 10.6 Å². The van der Waals surface area contributed by atoms with Crippen LogP contribution >= 0.6 is 23.2 Å². The van der Waals surface area contributed by atoms with Gasteiger partial charge >= 0.3 is 6.03 Å². The second-order valence-electron chi connectivity index (χ2n) is 4.71. The standard InChI is InChI=1S/C16H12Cl2N2O/c17-12-5-1-10(2-6-12)14-9-15(20-16(21)19-14)11-3-7-13(18)8-4-11/h1-9,14H,(H2,19,20,21)/t14-/m1/s1. The van der Waals surface area contributed by atoms with Crippen LogP contribution in [-0.4, -0.2) is 6.03 Å². The molecule has 1 aliphatic heterocycles. The fourth-order valence-electron chi connectivity index (χ4n) is 2.20. The third-order valence-electron chi connectivity index (χ3n) is 3.25. The third-order valence-corrected chi connectivity index (χ3v) is 3.76. The highest BCUT2D eigenvalue weighted by molar-refractivity contribution is 6.30. The van der Waals surface area contributed by atoms with Crippen molar-refractivity contribution >= 4 is 34.9 Å². The predicted molar refractivity (Wildman–Crippen MR) is 85.3 cm³/mol. The van der Waals surface area contributed by atoms with Crippen LogP contribution in [0.2, 0.25) is 10.0 Å². The number of urea groups is 1. The number of benzene rings is 2. The van der Waals surface area contributed by atoms with Gasteiger partial charge in [-0.15, -0.1) is 0 Å². The Morgan fingerprint density at radius 2 is 1.43 bits per heavy atom. The molecule has 21 heavy (non-hydrogen) atoms. The van der Waals surface area contributed by atoms with Crippen molar-refractivity contribution in [1.29, 1.82) is 0 Å². The number of carbonyl (C=O) groups is 1. The average molecular weight is 319 g/mol. The van der Waals surface area contributed by atoms with E-state index in [1.807, 2.05) is 30.3 Å². The van der Waals surface area contributed by atoms with Crippen molar-refractivity contribution in [3.05, 3.63) is 75.8 Å². The van der Waals surface area contributed by atoms with Crippen molar-refractivity contribution in [3.8, 4) is 0 Å². The van der Waals surface area contributed by atoms with Gasteiger partial charge in [0.05, 0.1) is 6.04 Å². The SMILES string of the molecule is O=C1NC(c2ccc(Cl)cc2)=C[C@H](c2ccc(Cl)cc2)N1. The average Bonchev–Trinajstić information content (AvgIpc) is 2.48. The quantitative estimate of drug-likeness (QED) is 0.847. The van der Waals surface area contributed by atoms with Crippen LogP contribution in [0.4, 0.5) is 4.79 Å². The number of halogens is 2. The molecule has 2 amide bonds. The summed E-state index contributed by atoms with van der Waals surface area (Å²) in [5, 5.41) is 7.00. The summed E-state index contributed by atoms with van der Waals surface area (Å²) >= 11 is 11.8. The molecule has 0 saturated heterocycles. The van der Waals surface area contributed by atoms with Gasteiger partial charge in [-0.3, -0.25) is 0 Å². The molecule has 106 valence electrons. The maximum Gasteiger partial charge on any atom is 0.319 e. The molecule has 0 aliphatic carbocycles. The van der Waals surface area contributed by atoms with Gasteiger partial charge in [0.1, 0.15) is 0 Å². The van der Waals surface area contributed by atoms with E-state index >= 15 is 0 Å². The van der Waals surface area contributed by atoms with Crippen molar-refractivity contribution < 1.29 is 4.79 Å². The fourth-order valence-corrected chi connectivity index (χ4v) is 2.45. The molecule has 0 bridgehead atoms. The van der Waals surface area contributed by atoms with E-state index in [0.29, 0.717) is 10.0 Å². The van der Waals surface area contributed by atoms with Gasteiger partial charge in [-0.1, -0.05) is 47.5 Å². The van der Waals surface area contributed by atoms with Gasteiger partial charge in [0.2, 0.25) is 0 Å². The Labute approximate surface area is 132 Å². The van der Waals surface area contributed by atoms with Gasteiger partial charge in [-0.2, -0.15) is 0 Å². The maximum absolute atomic E-state index is 11.8. The topological polar surface area (TPSA) is 41.1 Å². The summed E-state index contributed by atoms with van der Waals surface area (Å²) in [6.45, 7) is 0. The molecule has 1 atom stereocenters. The van der Waals surface area contributed by atoms with E-state index in [4.69, 9.17) is 23.2 Å². The van der Waals surface area contributed by atoms with E-state index in [-0.39, 0.29) is 12.1 Å². The normalized spacial score (nSPS) is 17.7. The monoisotopic (exact) mass is 318 g/mol. The van der Waals surface area contributed by atoms with Gasteiger partial charge in [-0.25, -0.2) is 4.79 Å². The zero-order valence-corrected chi connectivity index (χ0v) is 12.4. The second kappa shape index (κ2) is 5.80. The molecule has 3 nitrogen and oxygen atoms in total. The highest BCUT2D eigenvalue weighted by Gasteiger charge is 2.20. The van der Waals surface area contributed by atoms with E-state index in [1.54, 1.807) is 24.3 Å². The minimum atomic E-state index is -0.234. The summed E-state index contributed by atoms with van der Waals surface area (Å²) in [5.41, 5.74) is 2.64. The predicted octanol–water partition coefficient (Wildman–Crippen LogP) is 4.39. The van der Waals surface area contributed by atoms with Gasteiger partial charge in [0, 0.05) is 15.7 Å². The van der Waals surface area contributed by atoms with Crippen molar-refractivity contribution in [1.82, 2.24) is 10.6 Å². The van der Waals surface area contributed by atoms with Gasteiger partial charge in [0.15, 0.2) is 0 Å². The first-order valence-corrected chi connectivity index (χ1v) is 7.18. The second-order valence-corrected chi connectivity index (χ2v) is 5.59. The fraction of sp³-hybridized carbons (Fsp3) is 0.0625. The molecule has 0 spiro atoms. The van der Waals surface area contributed by atoms with Crippen LogP contribution in [0.15, 0.2) is 54.6 Å². The summed E-state index contributed by atoms with van der Waals surface area (Å²) in [6.07, 6.45) is 1.97. The molecule has 0 unspecified atom stereocenters. The Kier molecular flexibility index (Phi) is 3.86. The smallest absolute Gasteiger partial charge is 0.319 e. The Balaban J connectivity index is 1.95. The first kappa shape index (κ1) is 14.0. The molecule has 0 radical (unpaired) electrons. The van der Waals surface area contributed by atoms with Crippen molar-refractivity contribution in [2.45, 2.75) is 6.04 Å². The summed E-state index contributed by atoms with van der Waals surface area (Å²) < 4.78 is 0. The zero-order chi connectivity index (χ0) is 14.8. The van der Waals surface area contributed by atoms with Crippen molar-refractivity contribution in [2.75, 3.05) is 0 Å². The summed E-state index contributed by atoms with van der Waals surface area (Å²) in [4.78, 5) is 11.8. The summed E-state index contributed by atoms with van der Waals surface area (Å²) in [7, 11) is 0. The van der Waals surface area contributed by atoms with Gasteiger partial charge < -0.3 is 10.6 Å². The van der Waals surface area contributed by atoms with Crippen LogP contribution in [0.3, 0.4) is 0 Å². The molecule has 1 aliphatic rings. The lowest BCUT2D eigenvalue weighted by molar-refractivity contribution is 0.241. The van der Waals surface area contributed by atoms with Crippen LogP contribution in [0.25, 0.3) is 5.70 Å². The summed E-state index contributed by atoms with van der Waals surface area (Å²) in [6, 6.07) is 14.3. The van der Waals surface area contributed by atoms with E-state index in [9.17, 15) is 4.79 Å².